The number of nitrogens with zero attached hydrogens (tertiary/aromatic N) is 1. The van der Waals surface area contributed by atoms with Crippen LogP contribution in [0.4, 0.5) is 0 Å². The molecular formula is C16H23NO3. The van der Waals surface area contributed by atoms with E-state index in [9.17, 15) is 9.90 Å². The second-order valence-electron chi connectivity index (χ2n) is 5.41. The van der Waals surface area contributed by atoms with Gasteiger partial charge in [-0.3, -0.25) is 9.69 Å². The summed E-state index contributed by atoms with van der Waals surface area (Å²) in [7, 11) is 0. The molecule has 1 saturated heterocycles. The Balaban J connectivity index is 1.90. The summed E-state index contributed by atoms with van der Waals surface area (Å²) >= 11 is 0. The maximum atomic E-state index is 11.4. The number of carboxylic acid groups (broad SMARTS) is 1. The maximum Gasteiger partial charge on any atom is 0.306 e. The number of rotatable bonds is 6. The Morgan fingerprint density at radius 3 is 2.70 bits per heavy atom. The standard InChI is InChI=1S/C16H23NO3/c1-13-4-2-3-5-14(13)12-15(16(18)19)6-7-17-8-10-20-11-9-17/h2-5,15H,6-12H2,1H3,(H,18,19). The SMILES string of the molecule is Cc1ccccc1CC(CCN1CCOCC1)C(=O)O. The molecule has 1 aliphatic rings. The monoisotopic (exact) mass is 277 g/mol. The van der Waals surface area contributed by atoms with E-state index in [0.717, 1.165) is 38.4 Å². The van der Waals surface area contributed by atoms with Gasteiger partial charge in [-0.15, -0.1) is 0 Å². The molecule has 4 heteroatoms. The molecule has 0 radical (unpaired) electrons. The van der Waals surface area contributed by atoms with Gasteiger partial charge in [0.25, 0.3) is 0 Å². The molecule has 1 fully saturated rings. The van der Waals surface area contributed by atoms with E-state index in [1.54, 1.807) is 0 Å². The van der Waals surface area contributed by atoms with Crippen LogP contribution in [0.3, 0.4) is 0 Å². The third-order valence-electron chi connectivity index (χ3n) is 3.97. The zero-order valence-corrected chi connectivity index (χ0v) is 12.0. The van der Waals surface area contributed by atoms with Crippen LogP contribution in [-0.2, 0) is 16.0 Å². The van der Waals surface area contributed by atoms with Crippen molar-refractivity contribution in [3.05, 3.63) is 35.4 Å². The van der Waals surface area contributed by atoms with Crippen molar-refractivity contribution >= 4 is 5.97 Å². The molecular weight excluding hydrogens is 254 g/mol. The molecule has 2 rings (SSSR count). The largest absolute Gasteiger partial charge is 0.481 e. The summed E-state index contributed by atoms with van der Waals surface area (Å²) in [5.41, 5.74) is 2.31. The van der Waals surface area contributed by atoms with Crippen LogP contribution in [0.1, 0.15) is 17.5 Å². The predicted molar refractivity (Wildman–Crippen MR) is 77.9 cm³/mol. The van der Waals surface area contributed by atoms with E-state index < -0.39 is 5.97 Å². The van der Waals surface area contributed by atoms with Gasteiger partial charge >= 0.3 is 5.97 Å². The number of hydrogen-bond donors (Lipinski definition) is 1. The topological polar surface area (TPSA) is 49.8 Å². The van der Waals surface area contributed by atoms with Crippen molar-refractivity contribution in [1.29, 1.82) is 0 Å². The van der Waals surface area contributed by atoms with Crippen LogP contribution in [0.5, 0.6) is 0 Å². The average molecular weight is 277 g/mol. The van der Waals surface area contributed by atoms with Crippen LogP contribution in [0.2, 0.25) is 0 Å². The Bertz CT molecular complexity index is 441. The number of carboxylic acids is 1. The fourth-order valence-corrected chi connectivity index (χ4v) is 2.58. The van der Waals surface area contributed by atoms with Crippen LogP contribution >= 0.6 is 0 Å². The number of aliphatic carboxylic acids is 1. The summed E-state index contributed by atoms with van der Waals surface area (Å²) in [5.74, 6) is -1.000. The van der Waals surface area contributed by atoms with Gasteiger partial charge in [0.15, 0.2) is 0 Å². The number of ether oxygens (including phenoxy) is 1. The van der Waals surface area contributed by atoms with E-state index in [-0.39, 0.29) is 5.92 Å². The molecule has 0 amide bonds. The molecule has 110 valence electrons. The van der Waals surface area contributed by atoms with Gasteiger partial charge < -0.3 is 9.84 Å². The first-order valence-electron chi connectivity index (χ1n) is 7.24. The number of hydrogen-bond acceptors (Lipinski definition) is 3. The van der Waals surface area contributed by atoms with E-state index in [1.165, 1.54) is 5.56 Å². The highest BCUT2D eigenvalue weighted by atomic mass is 16.5. The molecule has 20 heavy (non-hydrogen) atoms. The predicted octanol–water partition coefficient (Wildman–Crippen LogP) is 1.96. The van der Waals surface area contributed by atoms with Crippen molar-refractivity contribution in [3.8, 4) is 0 Å². The van der Waals surface area contributed by atoms with Gasteiger partial charge in [0, 0.05) is 13.1 Å². The first kappa shape index (κ1) is 15.0. The van der Waals surface area contributed by atoms with Gasteiger partial charge in [0.05, 0.1) is 19.1 Å². The molecule has 0 spiro atoms. The molecule has 0 bridgehead atoms. The normalized spacial score (nSPS) is 17.9. The van der Waals surface area contributed by atoms with E-state index >= 15 is 0 Å². The Kier molecular flexibility index (Phi) is 5.56. The fraction of sp³-hybridized carbons (Fsp3) is 0.562. The third kappa shape index (κ3) is 4.32. The smallest absolute Gasteiger partial charge is 0.306 e. The van der Waals surface area contributed by atoms with Gasteiger partial charge in [-0.2, -0.15) is 0 Å². The second kappa shape index (κ2) is 7.41. The van der Waals surface area contributed by atoms with Gasteiger partial charge in [0.1, 0.15) is 0 Å². The third-order valence-corrected chi connectivity index (χ3v) is 3.97. The molecule has 1 unspecified atom stereocenters. The fourth-order valence-electron chi connectivity index (χ4n) is 2.58. The number of benzene rings is 1. The summed E-state index contributed by atoms with van der Waals surface area (Å²) < 4.78 is 5.31. The van der Waals surface area contributed by atoms with Gasteiger partial charge in [-0.25, -0.2) is 0 Å². The number of aryl methyl sites for hydroxylation is 1. The molecule has 1 aromatic rings. The molecule has 1 heterocycles. The Morgan fingerprint density at radius 2 is 2.05 bits per heavy atom. The van der Waals surface area contributed by atoms with Gasteiger partial charge in [-0.05, 0) is 37.4 Å². The lowest BCUT2D eigenvalue weighted by atomic mass is 9.93. The molecule has 0 aliphatic carbocycles. The van der Waals surface area contributed by atoms with Crippen LogP contribution < -0.4 is 0 Å². The van der Waals surface area contributed by atoms with Crippen LogP contribution in [0.25, 0.3) is 0 Å². The molecule has 1 aliphatic heterocycles. The average Bonchev–Trinajstić information content (AvgIpc) is 2.46. The first-order valence-corrected chi connectivity index (χ1v) is 7.24. The summed E-state index contributed by atoms with van der Waals surface area (Å²) in [5, 5.41) is 9.41. The van der Waals surface area contributed by atoms with Crippen molar-refractivity contribution in [2.45, 2.75) is 19.8 Å². The minimum Gasteiger partial charge on any atom is -0.481 e. The van der Waals surface area contributed by atoms with E-state index in [0.29, 0.717) is 12.8 Å². The van der Waals surface area contributed by atoms with Crippen molar-refractivity contribution in [2.75, 3.05) is 32.8 Å². The molecule has 1 atom stereocenters. The van der Waals surface area contributed by atoms with Crippen molar-refractivity contribution in [2.24, 2.45) is 5.92 Å². The molecule has 1 N–H and O–H groups in total. The molecule has 1 aromatic carbocycles. The van der Waals surface area contributed by atoms with Crippen LogP contribution in [-0.4, -0.2) is 48.8 Å². The van der Waals surface area contributed by atoms with E-state index in [2.05, 4.69) is 4.90 Å². The lowest BCUT2D eigenvalue weighted by Gasteiger charge is -2.27. The molecule has 4 nitrogen and oxygen atoms in total. The number of carbonyl (C=O) groups is 1. The molecule has 0 aromatic heterocycles. The van der Waals surface area contributed by atoms with Gasteiger partial charge in [-0.1, -0.05) is 24.3 Å². The highest BCUT2D eigenvalue weighted by molar-refractivity contribution is 5.70. The Hall–Kier alpha value is -1.39. The summed E-state index contributed by atoms with van der Waals surface area (Å²) in [6.45, 7) is 6.22. The molecule has 0 saturated carbocycles. The van der Waals surface area contributed by atoms with E-state index in [4.69, 9.17) is 4.74 Å². The van der Waals surface area contributed by atoms with Gasteiger partial charge in [0.2, 0.25) is 0 Å². The zero-order chi connectivity index (χ0) is 14.4. The lowest BCUT2D eigenvalue weighted by molar-refractivity contribution is -0.142. The first-order chi connectivity index (χ1) is 9.66. The highest BCUT2D eigenvalue weighted by Crippen LogP contribution is 2.17. The quantitative estimate of drug-likeness (QED) is 0.863. The van der Waals surface area contributed by atoms with Crippen LogP contribution in [0, 0.1) is 12.8 Å². The summed E-state index contributed by atoms with van der Waals surface area (Å²) in [6, 6.07) is 8.03. The van der Waals surface area contributed by atoms with Crippen molar-refractivity contribution < 1.29 is 14.6 Å². The Labute approximate surface area is 120 Å². The summed E-state index contributed by atoms with van der Waals surface area (Å²) in [6.07, 6.45) is 1.32. The van der Waals surface area contributed by atoms with Crippen molar-refractivity contribution in [3.63, 3.8) is 0 Å². The zero-order valence-electron chi connectivity index (χ0n) is 12.0. The number of morpholine rings is 1. The minimum absolute atomic E-state index is 0.307. The lowest BCUT2D eigenvalue weighted by Crippen LogP contribution is -2.38. The maximum absolute atomic E-state index is 11.4. The highest BCUT2D eigenvalue weighted by Gasteiger charge is 2.20. The van der Waals surface area contributed by atoms with E-state index in [1.807, 2.05) is 31.2 Å². The Morgan fingerprint density at radius 1 is 1.35 bits per heavy atom. The second-order valence-corrected chi connectivity index (χ2v) is 5.41. The van der Waals surface area contributed by atoms with Crippen molar-refractivity contribution in [1.82, 2.24) is 4.90 Å². The summed E-state index contributed by atoms with van der Waals surface area (Å²) in [4.78, 5) is 13.7. The van der Waals surface area contributed by atoms with Crippen LogP contribution in [0.15, 0.2) is 24.3 Å². The minimum atomic E-state index is -0.693.